The van der Waals surface area contributed by atoms with Crippen molar-refractivity contribution in [2.75, 3.05) is 19.0 Å². The molecular formula is C18H16N4OS. The number of anilines is 1. The minimum Gasteiger partial charge on any atom is -0.378 e. The summed E-state index contributed by atoms with van der Waals surface area (Å²) >= 11 is 1.45. The monoisotopic (exact) mass is 336 g/mol. The Morgan fingerprint density at radius 2 is 1.83 bits per heavy atom. The van der Waals surface area contributed by atoms with Gasteiger partial charge in [0.25, 0.3) is 0 Å². The highest BCUT2D eigenvalue weighted by Crippen LogP contribution is 2.20. The molecule has 2 aromatic heterocycles. The lowest BCUT2D eigenvalue weighted by Gasteiger charge is -2.11. The molecule has 3 aromatic rings. The van der Waals surface area contributed by atoms with E-state index >= 15 is 0 Å². The third-order valence-corrected chi connectivity index (χ3v) is 4.21. The number of carbonyl (C=O) groups excluding carboxylic acids is 1. The molecule has 1 aromatic carbocycles. The fourth-order valence-electron chi connectivity index (χ4n) is 2.06. The first-order chi connectivity index (χ1) is 11.6. The summed E-state index contributed by atoms with van der Waals surface area (Å²) in [7, 11) is 3.93. The molecule has 0 amide bonds. The van der Waals surface area contributed by atoms with Crippen molar-refractivity contribution in [3.8, 4) is 10.8 Å². The van der Waals surface area contributed by atoms with Crippen molar-refractivity contribution in [2.45, 2.75) is 0 Å². The highest BCUT2D eigenvalue weighted by molar-refractivity contribution is 7.13. The first-order valence-electron chi connectivity index (χ1n) is 7.36. The van der Waals surface area contributed by atoms with E-state index in [9.17, 15) is 4.79 Å². The minimum atomic E-state index is -0.0502. The van der Waals surface area contributed by atoms with E-state index in [2.05, 4.69) is 15.0 Å². The van der Waals surface area contributed by atoms with Gasteiger partial charge < -0.3 is 4.90 Å². The second kappa shape index (κ2) is 7.14. The van der Waals surface area contributed by atoms with Crippen molar-refractivity contribution in [3.63, 3.8) is 0 Å². The summed E-state index contributed by atoms with van der Waals surface area (Å²) < 4.78 is 0. The van der Waals surface area contributed by atoms with E-state index in [1.165, 1.54) is 17.4 Å². The van der Waals surface area contributed by atoms with Gasteiger partial charge in [-0.25, -0.2) is 15.0 Å². The normalized spacial score (nSPS) is 10.9. The largest absolute Gasteiger partial charge is 0.378 e. The van der Waals surface area contributed by atoms with Gasteiger partial charge in [0.05, 0.1) is 5.69 Å². The zero-order valence-corrected chi connectivity index (χ0v) is 14.2. The standard InChI is InChI=1S/C18H16N4OS/c1-22(2)15-7-4-13(5-8-15)16(23)9-6-14-12-24-18(21-14)17-19-10-3-11-20-17/h3-12H,1-2H3. The number of ketones is 1. The second-order valence-corrected chi connectivity index (χ2v) is 6.15. The third kappa shape index (κ3) is 3.72. The van der Waals surface area contributed by atoms with Gasteiger partial charge in [0.2, 0.25) is 0 Å². The van der Waals surface area contributed by atoms with Gasteiger partial charge in [-0.3, -0.25) is 4.79 Å². The molecule has 0 bridgehead atoms. The number of hydrogen-bond acceptors (Lipinski definition) is 6. The smallest absolute Gasteiger partial charge is 0.188 e. The van der Waals surface area contributed by atoms with Crippen molar-refractivity contribution in [2.24, 2.45) is 0 Å². The highest BCUT2D eigenvalue weighted by Gasteiger charge is 2.06. The van der Waals surface area contributed by atoms with Crippen molar-refractivity contribution in [1.29, 1.82) is 0 Å². The van der Waals surface area contributed by atoms with Gasteiger partial charge in [0.15, 0.2) is 16.6 Å². The third-order valence-electron chi connectivity index (χ3n) is 3.35. The Morgan fingerprint density at radius 3 is 2.50 bits per heavy atom. The van der Waals surface area contributed by atoms with Gasteiger partial charge in [0.1, 0.15) is 0 Å². The van der Waals surface area contributed by atoms with Crippen LogP contribution in [0.5, 0.6) is 0 Å². The van der Waals surface area contributed by atoms with Crippen LogP contribution in [0, 0.1) is 0 Å². The molecule has 0 spiro atoms. The van der Waals surface area contributed by atoms with Crippen molar-refractivity contribution in [3.05, 3.63) is 65.4 Å². The zero-order valence-electron chi connectivity index (χ0n) is 13.4. The second-order valence-electron chi connectivity index (χ2n) is 5.29. The maximum atomic E-state index is 12.2. The number of carbonyl (C=O) groups is 1. The number of allylic oxidation sites excluding steroid dienone is 1. The predicted octanol–water partition coefficient (Wildman–Crippen LogP) is 3.56. The zero-order chi connectivity index (χ0) is 16.9. The Bertz CT molecular complexity index is 854. The molecule has 6 heteroatoms. The molecule has 120 valence electrons. The average Bonchev–Trinajstić information content (AvgIpc) is 3.09. The molecule has 0 unspecified atom stereocenters. The summed E-state index contributed by atoms with van der Waals surface area (Å²) in [6.45, 7) is 0. The molecule has 0 N–H and O–H groups in total. The van der Waals surface area contributed by atoms with Gasteiger partial charge in [-0.15, -0.1) is 11.3 Å². The lowest BCUT2D eigenvalue weighted by molar-refractivity contribution is 0.104. The van der Waals surface area contributed by atoms with Gasteiger partial charge in [0, 0.05) is 43.1 Å². The number of rotatable bonds is 5. The molecule has 0 aliphatic rings. The van der Waals surface area contributed by atoms with Crippen LogP contribution in [0.2, 0.25) is 0 Å². The molecule has 0 fully saturated rings. The summed E-state index contributed by atoms with van der Waals surface area (Å²) in [6, 6.07) is 9.26. The van der Waals surface area contributed by atoms with E-state index in [0.29, 0.717) is 11.4 Å². The van der Waals surface area contributed by atoms with Crippen LogP contribution in [-0.4, -0.2) is 34.8 Å². The molecule has 0 saturated heterocycles. The van der Waals surface area contributed by atoms with Gasteiger partial charge in [-0.2, -0.15) is 0 Å². The molecule has 2 heterocycles. The predicted molar refractivity (Wildman–Crippen MR) is 97.3 cm³/mol. The molecule has 3 rings (SSSR count). The Labute approximate surface area is 144 Å². The maximum Gasteiger partial charge on any atom is 0.188 e. The first kappa shape index (κ1) is 16.0. The summed E-state index contributed by atoms with van der Waals surface area (Å²) in [4.78, 5) is 27.0. The van der Waals surface area contributed by atoms with E-state index in [4.69, 9.17) is 0 Å². The molecular weight excluding hydrogens is 320 g/mol. The Kier molecular flexibility index (Phi) is 4.77. The fraction of sp³-hybridized carbons (Fsp3) is 0.111. The molecule has 0 aliphatic carbocycles. The van der Waals surface area contributed by atoms with Crippen LogP contribution in [0.1, 0.15) is 16.1 Å². The van der Waals surface area contributed by atoms with Crippen LogP contribution in [0.4, 0.5) is 5.69 Å². The SMILES string of the molecule is CN(C)c1ccc(C(=O)C=Cc2csc(-c3ncccn3)n2)cc1. The quantitative estimate of drug-likeness (QED) is 0.527. The molecule has 24 heavy (non-hydrogen) atoms. The van der Waals surface area contributed by atoms with Crippen molar-refractivity contribution >= 4 is 28.9 Å². The van der Waals surface area contributed by atoms with Crippen LogP contribution in [-0.2, 0) is 0 Å². The molecule has 0 radical (unpaired) electrons. The molecule has 0 atom stereocenters. The Morgan fingerprint density at radius 1 is 1.12 bits per heavy atom. The number of thiazole rings is 1. The highest BCUT2D eigenvalue weighted by atomic mass is 32.1. The molecule has 0 saturated carbocycles. The van der Waals surface area contributed by atoms with E-state index in [0.717, 1.165) is 16.4 Å². The van der Waals surface area contributed by atoms with Gasteiger partial charge >= 0.3 is 0 Å². The fourth-order valence-corrected chi connectivity index (χ4v) is 2.79. The lowest BCUT2D eigenvalue weighted by atomic mass is 10.1. The van der Waals surface area contributed by atoms with Crippen LogP contribution < -0.4 is 4.90 Å². The van der Waals surface area contributed by atoms with Crippen LogP contribution in [0.3, 0.4) is 0 Å². The summed E-state index contributed by atoms with van der Waals surface area (Å²) in [5.41, 5.74) is 2.43. The van der Waals surface area contributed by atoms with Crippen LogP contribution >= 0.6 is 11.3 Å². The summed E-state index contributed by atoms with van der Waals surface area (Å²) in [5, 5.41) is 2.61. The average molecular weight is 336 g/mol. The maximum absolute atomic E-state index is 12.2. The number of benzene rings is 1. The van der Waals surface area contributed by atoms with Crippen LogP contribution in [0.25, 0.3) is 16.9 Å². The Hall–Kier alpha value is -2.86. The topological polar surface area (TPSA) is 59.0 Å². The van der Waals surface area contributed by atoms with Gasteiger partial charge in [-0.1, -0.05) is 0 Å². The summed E-state index contributed by atoms with van der Waals surface area (Å²) in [5.74, 6) is 0.540. The number of nitrogens with zero attached hydrogens (tertiary/aromatic N) is 4. The number of hydrogen-bond donors (Lipinski definition) is 0. The Balaban J connectivity index is 1.71. The minimum absolute atomic E-state index is 0.0502. The van der Waals surface area contributed by atoms with E-state index in [1.54, 1.807) is 24.5 Å². The van der Waals surface area contributed by atoms with E-state index in [-0.39, 0.29) is 5.78 Å². The first-order valence-corrected chi connectivity index (χ1v) is 8.24. The van der Waals surface area contributed by atoms with Crippen LogP contribution in [0.15, 0.2) is 54.2 Å². The van der Waals surface area contributed by atoms with Gasteiger partial charge in [-0.05, 0) is 42.5 Å². The van der Waals surface area contributed by atoms with E-state index in [1.807, 2.05) is 48.6 Å². The molecule has 5 nitrogen and oxygen atoms in total. The molecule has 0 aliphatic heterocycles. The van der Waals surface area contributed by atoms with Crippen molar-refractivity contribution < 1.29 is 4.79 Å². The lowest BCUT2D eigenvalue weighted by Crippen LogP contribution is -2.08. The van der Waals surface area contributed by atoms with E-state index < -0.39 is 0 Å². The summed E-state index contributed by atoms with van der Waals surface area (Å²) in [6.07, 6.45) is 6.61. The number of aromatic nitrogens is 3. The van der Waals surface area contributed by atoms with Crippen molar-refractivity contribution in [1.82, 2.24) is 15.0 Å².